The van der Waals surface area contributed by atoms with Gasteiger partial charge in [-0.3, -0.25) is 0 Å². The second kappa shape index (κ2) is 5.73. The van der Waals surface area contributed by atoms with Crippen molar-refractivity contribution in [1.82, 2.24) is 4.98 Å². The van der Waals surface area contributed by atoms with Crippen LogP contribution in [-0.2, 0) is 9.84 Å². The van der Waals surface area contributed by atoms with Crippen LogP contribution in [0.25, 0.3) is 0 Å². The molecule has 2 rings (SSSR count). The van der Waals surface area contributed by atoms with Crippen LogP contribution in [0.1, 0.15) is 10.8 Å². The van der Waals surface area contributed by atoms with E-state index in [1.165, 1.54) is 36.4 Å². The summed E-state index contributed by atoms with van der Waals surface area (Å²) >= 11 is 5.63. The van der Waals surface area contributed by atoms with Crippen LogP contribution >= 0.6 is 11.6 Å². The first-order valence-electron chi connectivity index (χ1n) is 5.69. The molecular formula is C14H11ClFNO2S. The van der Waals surface area contributed by atoms with Gasteiger partial charge in [0.05, 0.1) is 4.90 Å². The molecule has 104 valence electrons. The lowest BCUT2D eigenvalue weighted by Gasteiger charge is -2.14. The van der Waals surface area contributed by atoms with Crippen molar-refractivity contribution in [2.75, 3.05) is 0 Å². The summed E-state index contributed by atoms with van der Waals surface area (Å²) in [6.45, 7) is 3.50. The third kappa shape index (κ3) is 2.73. The molecule has 0 saturated heterocycles. The lowest BCUT2D eigenvalue weighted by atomic mass is 10.1. The van der Waals surface area contributed by atoms with Gasteiger partial charge in [-0.1, -0.05) is 35.9 Å². The van der Waals surface area contributed by atoms with Crippen LogP contribution < -0.4 is 0 Å². The van der Waals surface area contributed by atoms with Crippen molar-refractivity contribution in [2.45, 2.75) is 10.1 Å². The molecule has 1 heterocycles. The summed E-state index contributed by atoms with van der Waals surface area (Å²) in [6.07, 6.45) is 2.34. The Morgan fingerprint density at radius 3 is 2.50 bits per heavy atom. The standard InChI is InChI=1S/C14H11ClFNO2S/c1-2-13(11-5-3-4-6-12(11)16)20(18,19)10-7-8-14(15)17-9-10/h2-9,13H,1H2. The van der Waals surface area contributed by atoms with Crippen LogP contribution in [0.3, 0.4) is 0 Å². The minimum absolute atomic E-state index is 0.0324. The number of hydrogen-bond donors (Lipinski definition) is 0. The molecule has 0 aliphatic rings. The van der Waals surface area contributed by atoms with Crippen LogP contribution in [0.15, 0.2) is 60.1 Å². The summed E-state index contributed by atoms with van der Waals surface area (Å²) in [5.74, 6) is -0.595. The molecule has 1 atom stereocenters. The Morgan fingerprint density at radius 2 is 1.95 bits per heavy atom. The highest BCUT2D eigenvalue weighted by atomic mass is 35.5. The predicted octanol–water partition coefficient (Wildman–Crippen LogP) is 3.58. The first kappa shape index (κ1) is 14.7. The number of sulfone groups is 1. The van der Waals surface area contributed by atoms with Crippen molar-refractivity contribution in [3.63, 3.8) is 0 Å². The van der Waals surface area contributed by atoms with Gasteiger partial charge in [-0.15, -0.1) is 6.58 Å². The van der Waals surface area contributed by atoms with Crippen molar-refractivity contribution >= 4 is 21.4 Å². The number of aromatic nitrogens is 1. The molecule has 0 bridgehead atoms. The Morgan fingerprint density at radius 1 is 1.25 bits per heavy atom. The summed E-state index contributed by atoms with van der Waals surface area (Å²) in [5, 5.41) is -0.989. The van der Waals surface area contributed by atoms with Gasteiger partial charge >= 0.3 is 0 Å². The number of benzene rings is 1. The maximum atomic E-state index is 13.8. The maximum absolute atomic E-state index is 13.8. The number of nitrogens with zero attached hydrogens (tertiary/aromatic N) is 1. The van der Waals surface area contributed by atoms with Crippen LogP contribution in [0, 0.1) is 5.82 Å². The van der Waals surface area contributed by atoms with Gasteiger partial charge in [0.25, 0.3) is 0 Å². The SMILES string of the molecule is C=CC(c1ccccc1F)S(=O)(=O)c1ccc(Cl)nc1. The second-order valence-corrected chi connectivity index (χ2v) is 6.50. The molecule has 6 heteroatoms. The number of pyridine rings is 1. The lowest BCUT2D eigenvalue weighted by Crippen LogP contribution is -2.13. The van der Waals surface area contributed by atoms with E-state index in [2.05, 4.69) is 11.6 Å². The van der Waals surface area contributed by atoms with Crippen LogP contribution in [0.5, 0.6) is 0 Å². The minimum Gasteiger partial charge on any atom is -0.243 e. The van der Waals surface area contributed by atoms with Crippen molar-refractivity contribution in [3.8, 4) is 0 Å². The van der Waals surface area contributed by atoms with E-state index in [1.54, 1.807) is 6.07 Å². The van der Waals surface area contributed by atoms with Gasteiger partial charge < -0.3 is 0 Å². The van der Waals surface area contributed by atoms with Crippen molar-refractivity contribution in [3.05, 3.63) is 71.8 Å². The van der Waals surface area contributed by atoms with E-state index in [0.717, 1.165) is 6.20 Å². The Balaban J connectivity index is 2.54. The Labute approximate surface area is 121 Å². The molecule has 3 nitrogen and oxygen atoms in total. The van der Waals surface area contributed by atoms with E-state index in [1.807, 2.05) is 0 Å². The van der Waals surface area contributed by atoms with E-state index in [4.69, 9.17) is 11.6 Å². The molecule has 0 aliphatic heterocycles. The molecule has 1 unspecified atom stereocenters. The molecule has 0 radical (unpaired) electrons. The number of hydrogen-bond acceptors (Lipinski definition) is 3. The molecule has 1 aromatic heterocycles. The summed E-state index contributed by atoms with van der Waals surface area (Å²) in [6, 6.07) is 8.40. The van der Waals surface area contributed by atoms with Gasteiger partial charge in [-0.05, 0) is 18.2 Å². The van der Waals surface area contributed by atoms with E-state index in [0.29, 0.717) is 0 Å². The Bertz CT molecular complexity index is 729. The average Bonchev–Trinajstić information content (AvgIpc) is 2.42. The topological polar surface area (TPSA) is 47.0 Å². The first-order valence-corrected chi connectivity index (χ1v) is 7.61. The van der Waals surface area contributed by atoms with E-state index < -0.39 is 20.9 Å². The summed E-state index contributed by atoms with van der Waals surface area (Å²) < 4.78 is 38.8. The smallest absolute Gasteiger partial charge is 0.190 e. The molecule has 0 aliphatic carbocycles. The average molecular weight is 312 g/mol. The molecule has 0 N–H and O–H groups in total. The molecule has 0 saturated carbocycles. The molecule has 2 aromatic rings. The fraction of sp³-hybridized carbons (Fsp3) is 0.0714. The van der Waals surface area contributed by atoms with E-state index >= 15 is 0 Å². The molecule has 0 amide bonds. The van der Waals surface area contributed by atoms with Crippen LogP contribution in [0.2, 0.25) is 5.15 Å². The highest BCUT2D eigenvalue weighted by molar-refractivity contribution is 7.91. The quantitative estimate of drug-likeness (QED) is 0.640. The highest BCUT2D eigenvalue weighted by Crippen LogP contribution is 2.31. The number of halogens is 2. The monoisotopic (exact) mass is 311 g/mol. The van der Waals surface area contributed by atoms with Gasteiger partial charge in [0.2, 0.25) is 0 Å². The van der Waals surface area contributed by atoms with Crippen molar-refractivity contribution < 1.29 is 12.8 Å². The highest BCUT2D eigenvalue weighted by Gasteiger charge is 2.28. The first-order chi connectivity index (χ1) is 9.46. The molecule has 0 fully saturated rings. The number of rotatable bonds is 4. The largest absolute Gasteiger partial charge is 0.243 e. The van der Waals surface area contributed by atoms with E-state index in [-0.39, 0.29) is 15.6 Å². The summed E-state index contributed by atoms with van der Waals surface area (Å²) in [5.41, 5.74) is 0.0532. The fourth-order valence-electron chi connectivity index (χ4n) is 1.80. The molecule has 1 aromatic carbocycles. The zero-order valence-electron chi connectivity index (χ0n) is 10.3. The normalized spacial score (nSPS) is 12.9. The molecular weight excluding hydrogens is 301 g/mol. The van der Waals surface area contributed by atoms with Gasteiger partial charge in [0.15, 0.2) is 9.84 Å². The zero-order valence-corrected chi connectivity index (χ0v) is 11.9. The maximum Gasteiger partial charge on any atom is 0.190 e. The third-order valence-corrected chi connectivity index (χ3v) is 5.03. The van der Waals surface area contributed by atoms with Gasteiger partial charge in [-0.2, -0.15) is 0 Å². The van der Waals surface area contributed by atoms with E-state index in [9.17, 15) is 12.8 Å². The fourth-order valence-corrected chi connectivity index (χ4v) is 3.44. The van der Waals surface area contributed by atoms with Crippen LogP contribution in [0.4, 0.5) is 4.39 Å². The Kier molecular flexibility index (Phi) is 4.20. The van der Waals surface area contributed by atoms with Crippen molar-refractivity contribution in [1.29, 1.82) is 0 Å². The lowest BCUT2D eigenvalue weighted by molar-refractivity contribution is 0.579. The predicted molar refractivity (Wildman–Crippen MR) is 75.8 cm³/mol. The second-order valence-electron chi connectivity index (χ2n) is 4.04. The van der Waals surface area contributed by atoms with Gasteiger partial charge in [-0.25, -0.2) is 17.8 Å². The van der Waals surface area contributed by atoms with Crippen molar-refractivity contribution in [2.24, 2.45) is 0 Å². The zero-order chi connectivity index (χ0) is 14.8. The van der Waals surface area contributed by atoms with Gasteiger partial charge in [0.1, 0.15) is 16.2 Å². The van der Waals surface area contributed by atoms with Crippen LogP contribution in [-0.4, -0.2) is 13.4 Å². The summed E-state index contributed by atoms with van der Waals surface area (Å²) in [7, 11) is -3.82. The summed E-state index contributed by atoms with van der Waals surface area (Å²) in [4.78, 5) is 3.70. The van der Waals surface area contributed by atoms with Gasteiger partial charge in [0, 0.05) is 11.8 Å². The Hall–Kier alpha value is -1.72. The third-order valence-electron chi connectivity index (χ3n) is 2.79. The molecule has 0 spiro atoms. The molecule has 20 heavy (non-hydrogen) atoms. The minimum atomic E-state index is -3.82.